The van der Waals surface area contributed by atoms with Crippen molar-refractivity contribution >= 4 is 0 Å². The van der Waals surface area contributed by atoms with E-state index in [9.17, 15) is 163 Å². The van der Waals surface area contributed by atoms with Crippen molar-refractivity contribution in [3.05, 3.63) is 0 Å². The summed E-state index contributed by atoms with van der Waals surface area (Å²) in [6.07, 6.45) is -72.2. The van der Waals surface area contributed by atoms with Gasteiger partial charge in [-0.1, -0.05) is 55.4 Å². The van der Waals surface area contributed by atoms with Crippen LogP contribution in [0, 0.1) is 23.7 Å². The van der Waals surface area contributed by atoms with Crippen molar-refractivity contribution in [3.63, 3.8) is 0 Å². The third-order valence-electron chi connectivity index (χ3n) is 22.9. The molecule has 20 unspecified atom stereocenters. The Morgan fingerprint density at radius 2 is 0.328 bits per heavy atom. The van der Waals surface area contributed by atoms with Gasteiger partial charge in [0.25, 0.3) is 0 Å². The third-order valence-corrected chi connectivity index (χ3v) is 22.9. The van der Waals surface area contributed by atoms with Crippen LogP contribution in [0.5, 0.6) is 0 Å². The van der Waals surface area contributed by atoms with Crippen LogP contribution in [0.15, 0.2) is 0 Å². The van der Waals surface area contributed by atoms with E-state index in [0.717, 1.165) is 0 Å². The number of aliphatic hydroxyl groups excluding tert-OH is 34. The molecule has 0 aromatic carbocycles. The lowest BCUT2D eigenvalue weighted by Gasteiger charge is -2.46. The molecule has 10 aliphatic rings. The molecule has 0 aromatic heterocycles. The van der Waals surface area contributed by atoms with Gasteiger partial charge in [-0.3, -0.25) is 0 Å². The lowest BCUT2D eigenvalue weighted by molar-refractivity contribution is -0.373. The van der Waals surface area contributed by atoms with Crippen LogP contribution in [0.4, 0.5) is 0 Å². The lowest BCUT2D eigenvalue weighted by atomic mass is 9.89. The summed E-state index contributed by atoms with van der Waals surface area (Å²) in [7, 11) is 0. The van der Waals surface area contributed by atoms with Crippen LogP contribution in [0.2, 0.25) is 0 Å². The maximum atomic E-state index is 10.8. The van der Waals surface area contributed by atoms with Crippen LogP contribution < -0.4 is 0 Å². The van der Waals surface area contributed by atoms with Crippen molar-refractivity contribution < 1.29 is 249 Å². The first-order chi connectivity index (χ1) is 57.2. The zero-order valence-corrected chi connectivity index (χ0v) is 68.0. The van der Waals surface area contributed by atoms with Crippen molar-refractivity contribution in [3.8, 4) is 0 Å². The molecular weight excluding hydrogens is 1660 g/mol. The van der Waals surface area contributed by atoms with Gasteiger partial charge in [-0.25, -0.2) is 0 Å². The largest absolute Gasteiger partial charge is 0.394 e. The fourth-order valence-electron chi connectivity index (χ4n) is 15.1. The molecule has 10 rings (SSSR count). The standard InChI is InChI=1S/C27H48O20.C21H38O15.C15H28O10.C9H18O5/c1-7(2)23-20(38)16(34)14(32)10(43-23)5-41-25-21(39)18(36)15(33)11(46-25)6-42-27-24(19(37)13(31)9(4-29)45-27)47-26-22(40)17(35)12(30)8(3-28)44-26;1-6(2)19-16(29)13(26)11(24)8(34-19)4-32-21-18(31)15(28)12(25)9(36-21)5-33-20-17(30)14(27)10(23)7(3-22)35-20;1-5(2)14-12(21)10(19)9(18)7(24-14)4-23-15-13(22)11(20)8(17)6(3-16)25-15;1-4(2)9-8(13)7(12)6(11)5(3-10)14-9/h7-40H,3-6H2,1-2H3;6-31H,3-5H2,1-2H3;5-22H,3-4H2,1-2H3;4-13H,3H2,1-2H3/t8?,9?,10?,11?,12-,13-,14-,15-,16?,17?,18?,19?,20-,21-,22-,23-,24-,25+,26-,27+;7?,8?,9?,10-,11-,12-,13?,14?,15?,16-,17-,18-,19-,20+,21+;6?,7?,8-,9-,10?,11?,12-,13-,14-,15+;5?,6-,7?,8-,9-/m1111/s1. The molecule has 50 nitrogen and oxygen atoms in total. The number of ether oxygens (including phenoxy) is 16. The molecule has 0 spiro atoms. The summed E-state index contributed by atoms with van der Waals surface area (Å²) in [5.41, 5.74) is 0. The van der Waals surface area contributed by atoms with E-state index in [-0.39, 0.29) is 36.9 Å². The second-order valence-corrected chi connectivity index (χ2v) is 33.2. The third kappa shape index (κ3) is 25.2. The summed E-state index contributed by atoms with van der Waals surface area (Å²) < 4.78 is 87.5. The van der Waals surface area contributed by atoms with E-state index in [1.807, 2.05) is 13.8 Å². The average molecular weight is 1800 g/mol. The molecule has 10 heterocycles. The van der Waals surface area contributed by atoms with Crippen molar-refractivity contribution in [2.24, 2.45) is 23.7 Å². The van der Waals surface area contributed by atoms with Gasteiger partial charge in [-0.05, 0) is 23.7 Å². The number of hydrogen-bond donors (Lipinski definition) is 34. The Morgan fingerprint density at radius 3 is 0.557 bits per heavy atom. The normalized spacial score (nSPS) is 49.7. The van der Waals surface area contributed by atoms with E-state index < -0.39 is 359 Å². The summed E-state index contributed by atoms with van der Waals surface area (Å²) in [4.78, 5) is 0. The zero-order valence-electron chi connectivity index (χ0n) is 68.0. The second kappa shape index (κ2) is 47.9. The highest BCUT2D eigenvalue weighted by Gasteiger charge is 2.57. The Morgan fingerprint density at radius 1 is 0.172 bits per heavy atom. The van der Waals surface area contributed by atoms with E-state index in [1.54, 1.807) is 41.5 Å². The molecule has 0 amide bonds. The summed E-state index contributed by atoms with van der Waals surface area (Å²) in [5.74, 6) is -0.583. The smallest absolute Gasteiger partial charge is 0.187 e. The Hall–Kier alpha value is -2.00. The van der Waals surface area contributed by atoms with Gasteiger partial charge in [0.2, 0.25) is 0 Å². The first-order valence-electron chi connectivity index (χ1n) is 40.2. The fraction of sp³-hybridized carbons (Fsp3) is 1.00. The molecule has 50 heteroatoms. The van der Waals surface area contributed by atoms with Gasteiger partial charge in [-0.2, -0.15) is 0 Å². The predicted octanol–water partition coefficient (Wildman–Crippen LogP) is -19.1. The minimum Gasteiger partial charge on any atom is -0.394 e. The van der Waals surface area contributed by atoms with Gasteiger partial charge in [0, 0.05) is 0 Å². The molecule has 0 aromatic rings. The van der Waals surface area contributed by atoms with Crippen molar-refractivity contribution in [2.45, 2.75) is 362 Å². The summed E-state index contributed by atoms with van der Waals surface area (Å²) >= 11 is 0. The van der Waals surface area contributed by atoms with E-state index >= 15 is 0 Å². The number of rotatable bonds is 26. The van der Waals surface area contributed by atoms with Crippen molar-refractivity contribution in [2.75, 3.05) is 66.1 Å². The zero-order chi connectivity index (χ0) is 91.6. The van der Waals surface area contributed by atoms with Gasteiger partial charge in [0.05, 0.1) is 90.5 Å². The Balaban J connectivity index is 0.000000241. The minimum absolute atomic E-state index is 0.0150. The molecule has 720 valence electrons. The van der Waals surface area contributed by atoms with Crippen LogP contribution in [0.3, 0.4) is 0 Å². The molecule has 50 atom stereocenters. The van der Waals surface area contributed by atoms with Crippen molar-refractivity contribution in [1.82, 2.24) is 0 Å². The molecule has 34 N–H and O–H groups in total. The molecule has 0 bridgehead atoms. The Kier molecular flexibility index (Phi) is 42.0. The SMILES string of the molecule is CC(C)[C@H]1OC(CO)[C@@H](O)C(O)[C@H]1O.CC(C)[C@H]1OC(CO[C@H]2OC(CO)[C@@H](O)C(O)[C@H]2O)[C@@H](O)C(O)[C@H]1O.CC(C)[C@H]1OC(CO[C@H]2OC(CO[C@H]3OC(CO)[C@@H](O)C(O)[C@H]3O)[C@@H](O)C(O)[C@H]2O)[C@@H](O)C(O)[C@H]1O.CC(C)[C@H]1OC(CO[C@H]2OC(CO[C@H]3OC(CO)[C@@H](O)C(O)[C@H]3O[C@H]3OC(CO)[C@@H](O)C(O)[C@H]3O)[C@@H](O)C(O)[C@H]2O)[C@@H](O)C(O)[C@H]1O. The lowest BCUT2D eigenvalue weighted by Crippen LogP contribution is -2.65. The minimum atomic E-state index is -1.90. The summed E-state index contributed by atoms with van der Waals surface area (Å²) in [6, 6.07) is 0. The molecule has 10 saturated heterocycles. The van der Waals surface area contributed by atoms with Crippen LogP contribution >= 0.6 is 0 Å². The van der Waals surface area contributed by atoms with Gasteiger partial charge in [0.15, 0.2) is 37.7 Å². The van der Waals surface area contributed by atoms with Crippen LogP contribution in [-0.2, 0) is 75.8 Å². The highest BCUT2D eigenvalue weighted by molar-refractivity contribution is 5.01. The highest BCUT2D eigenvalue weighted by atomic mass is 16.8. The van der Waals surface area contributed by atoms with E-state index in [1.165, 1.54) is 0 Å². The number of aliphatic hydroxyl groups is 34. The van der Waals surface area contributed by atoms with E-state index in [2.05, 4.69) is 0 Å². The molecule has 10 aliphatic heterocycles. The summed E-state index contributed by atoms with van der Waals surface area (Å²) in [5, 5.41) is 340. The Labute approximate surface area is 698 Å². The molecule has 0 aliphatic carbocycles. The molecule has 0 radical (unpaired) electrons. The van der Waals surface area contributed by atoms with Crippen LogP contribution in [-0.4, -0.2) is 546 Å². The number of hydrogen-bond acceptors (Lipinski definition) is 50. The predicted molar refractivity (Wildman–Crippen MR) is 390 cm³/mol. The van der Waals surface area contributed by atoms with Gasteiger partial charge < -0.3 is 249 Å². The monoisotopic (exact) mass is 1800 g/mol. The topological polar surface area (TPSA) is 836 Å². The maximum absolute atomic E-state index is 10.8. The van der Waals surface area contributed by atoms with Gasteiger partial charge in [0.1, 0.15) is 244 Å². The van der Waals surface area contributed by atoms with Gasteiger partial charge >= 0.3 is 0 Å². The molecule has 10 fully saturated rings. The maximum Gasteiger partial charge on any atom is 0.187 e. The van der Waals surface area contributed by atoms with Crippen molar-refractivity contribution in [1.29, 1.82) is 0 Å². The molecule has 0 saturated carbocycles. The fourth-order valence-corrected chi connectivity index (χ4v) is 15.1. The Bertz CT molecular complexity index is 2940. The first kappa shape index (κ1) is 107. The van der Waals surface area contributed by atoms with E-state index in [4.69, 9.17) is 86.0 Å². The molecular formula is C72H132O50. The van der Waals surface area contributed by atoms with Crippen LogP contribution in [0.25, 0.3) is 0 Å². The highest BCUT2D eigenvalue weighted by Crippen LogP contribution is 2.37. The first-order valence-corrected chi connectivity index (χ1v) is 40.2. The second-order valence-electron chi connectivity index (χ2n) is 33.2. The van der Waals surface area contributed by atoms with Crippen LogP contribution in [0.1, 0.15) is 55.4 Å². The van der Waals surface area contributed by atoms with E-state index in [0.29, 0.717) is 0 Å². The van der Waals surface area contributed by atoms with Gasteiger partial charge in [-0.15, -0.1) is 0 Å². The average Bonchev–Trinajstić information content (AvgIpc) is 0.780. The quantitative estimate of drug-likeness (QED) is 0.0382. The summed E-state index contributed by atoms with van der Waals surface area (Å²) in [6.45, 7) is 8.57. The molecule has 122 heavy (non-hydrogen) atoms.